The fraction of sp³-hybridized carbons (Fsp3) is 0.750. The molecule has 5 heteroatoms. The monoisotopic (exact) mass is 260 g/mol. The van der Waals surface area contributed by atoms with E-state index in [9.17, 15) is 4.79 Å². The molecule has 0 aliphatic rings. The molecule has 0 bridgehead atoms. The summed E-state index contributed by atoms with van der Waals surface area (Å²) in [4.78, 5) is 10.5. The smallest absolute Gasteiger partial charge is 0.330 e. The molecular weight excluding hydrogens is 236 g/mol. The van der Waals surface area contributed by atoms with E-state index in [1.165, 1.54) is 0 Å². The summed E-state index contributed by atoms with van der Waals surface area (Å²) in [7, 11) is -0.232. The number of carboxylic acids is 1. The highest BCUT2D eigenvalue weighted by atomic mass is 28.2. The first kappa shape index (κ1) is 16.3. The van der Waals surface area contributed by atoms with Crippen LogP contribution in [-0.4, -0.2) is 40.1 Å². The summed E-state index contributed by atoms with van der Waals surface area (Å²) >= 11 is 0. The highest BCUT2D eigenvalue weighted by molar-refractivity contribution is 6.35. The molecule has 0 aromatic rings. The second-order valence-corrected chi connectivity index (χ2v) is 5.81. The van der Waals surface area contributed by atoms with E-state index in [1.807, 2.05) is 13.8 Å². The van der Waals surface area contributed by atoms with E-state index in [2.05, 4.69) is 0 Å². The number of rotatable bonds is 10. The Hall–Kier alpha value is -0.653. The molecule has 0 rings (SSSR count). The molecule has 0 aliphatic carbocycles. The maximum atomic E-state index is 10.5. The highest BCUT2D eigenvalue weighted by Gasteiger charge is 2.07. The van der Waals surface area contributed by atoms with Gasteiger partial charge in [0.2, 0.25) is 0 Å². The van der Waals surface area contributed by atoms with Crippen LogP contribution in [0, 0.1) is 0 Å². The van der Waals surface area contributed by atoms with Gasteiger partial charge in [-0.25, -0.2) is 4.79 Å². The second kappa shape index (κ2) is 10.5. The summed E-state index contributed by atoms with van der Waals surface area (Å²) in [5.74, 6) is -0.826. The van der Waals surface area contributed by atoms with E-state index < -0.39 is 5.97 Å². The van der Waals surface area contributed by atoms with Crippen LogP contribution in [0.1, 0.15) is 27.2 Å². The number of carboxylic acid groups (broad SMARTS) is 1. The van der Waals surface area contributed by atoms with Gasteiger partial charge in [0.15, 0.2) is 6.29 Å². The molecule has 1 N–H and O–H groups in total. The first-order valence-electron chi connectivity index (χ1n) is 6.25. The van der Waals surface area contributed by atoms with Crippen LogP contribution >= 0.6 is 0 Å². The summed E-state index contributed by atoms with van der Waals surface area (Å²) in [6, 6.07) is 2.10. The average molecular weight is 260 g/mol. The zero-order valence-corrected chi connectivity index (χ0v) is 12.5. The van der Waals surface area contributed by atoms with Crippen LogP contribution in [0.5, 0.6) is 0 Å². The van der Waals surface area contributed by atoms with Crippen molar-refractivity contribution in [1.29, 1.82) is 0 Å². The summed E-state index contributed by atoms with van der Waals surface area (Å²) in [6.45, 7) is 6.92. The lowest BCUT2D eigenvalue weighted by Crippen LogP contribution is -2.18. The number of allylic oxidation sites excluding steroid dienone is 1. The second-order valence-electron chi connectivity index (χ2n) is 3.82. The van der Waals surface area contributed by atoms with Crippen molar-refractivity contribution in [3.63, 3.8) is 0 Å². The third kappa shape index (κ3) is 9.09. The van der Waals surface area contributed by atoms with E-state index in [0.717, 1.165) is 18.5 Å². The highest BCUT2D eigenvalue weighted by Crippen LogP contribution is 2.05. The third-order valence-corrected chi connectivity index (χ3v) is 4.17. The van der Waals surface area contributed by atoms with Crippen LogP contribution in [0.25, 0.3) is 0 Å². The predicted molar refractivity (Wildman–Crippen MR) is 71.2 cm³/mol. The van der Waals surface area contributed by atoms with E-state index in [1.54, 1.807) is 13.0 Å². The van der Waals surface area contributed by atoms with Crippen molar-refractivity contribution in [2.75, 3.05) is 13.2 Å². The Morgan fingerprint density at radius 2 is 1.94 bits per heavy atom. The van der Waals surface area contributed by atoms with Crippen LogP contribution in [0.3, 0.4) is 0 Å². The molecule has 0 amide bonds. The minimum atomic E-state index is -0.826. The molecule has 0 aliphatic heterocycles. The summed E-state index contributed by atoms with van der Waals surface area (Å²) < 4.78 is 10.9. The molecule has 0 spiro atoms. The third-order valence-electron chi connectivity index (χ3n) is 2.39. The molecule has 0 fully saturated rings. The van der Waals surface area contributed by atoms with Gasteiger partial charge in [-0.15, -0.1) is 0 Å². The van der Waals surface area contributed by atoms with Gasteiger partial charge in [-0.05, 0) is 33.2 Å². The minimum absolute atomic E-state index is 0.0544. The lowest BCUT2D eigenvalue weighted by atomic mass is 10.2. The van der Waals surface area contributed by atoms with E-state index in [-0.39, 0.29) is 15.8 Å². The van der Waals surface area contributed by atoms with Gasteiger partial charge < -0.3 is 14.6 Å². The van der Waals surface area contributed by atoms with Crippen molar-refractivity contribution < 1.29 is 19.4 Å². The van der Waals surface area contributed by atoms with Crippen molar-refractivity contribution >= 4 is 15.5 Å². The van der Waals surface area contributed by atoms with Crippen molar-refractivity contribution in [1.82, 2.24) is 0 Å². The Labute approximate surface area is 106 Å². The first-order valence-corrected chi connectivity index (χ1v) is 8.25. The van der Waals surface area contributed by atoms with Crippen LogP contribution < -0.4 is 0 Å². The fourth-order valence-corrected chi connectivity index (χ4v) is 2.90. The average Bonchev–Trinajstić information content (AvgIpc) is 2.28. The van der Waals surface area contributed by atoms with Gasteiger partial charge in [-0.2, -0.15) is 0 Å². The van der Waals surface area contributed by atoms with Gasteiger partial charge in [0.25, 0.3) is 0 Å². The van der Waals surface area contributed by atoms with Crippen molar-refractivity contribution in [3.05, 3.63) is 11.6 Å². The molecule has 100 valence electrons. The zero-order valence-electron chi connectivity index (χ0n) is 11.1. The van der Waals surface area contributed by atoms with Crippen molar-refractivity contribution in [2.24, 2.45) is 0 Å². The van der Waals surface area contributed by atoms with Gasteiger partial charge in [0, 0.05) is 28.3 Å². The standard InChI is InChI=1S/C12H24O4Si/c1-4-15-11(16-5-2)9-17-8-6-7-10(3)12(13)14/h7,11H,4-6,8-9,17H2,1-3H3,(H,13,14). The van der Waals surface area contributed by atoms with Crippen molar-refractivity contribution in [3.8, 4) is 0 Å². The maximum absolute atomic E-state index is 10.5. The van der Waals surface area contributed by atoms with Gasteiger partial charge in [-0.1, -0.05) is 12.1 Å². The summed E-state index contributed by atoms with van der Waals surface area (Å²) in [6.07, 6.45) is 2.60. The van der Waals surface area contributed by atoms with E-state index in [0.29, 0.717) is 18.8 Å². The number of hydrogen-bond acceptors (Lipinski definition) is 3. The molecular formula is C12H24O4Si. The lowest BCUT2D eigenvalue weighted by molar-refractivity contribution is -0.132. The van der Waals surface area contributed by atoms with E-state index in [4.69, 9.17) is 14.6 Å². The quantitative estimate of drug-likeness (QED) is 0.282. The van der Waals surface area contributed by atoms with Gasteiger partial charge in [0.05, 0.1) is 0 Å². The predicted octanol–water partition coefficient (Wildman–Crippen LogP) is 1.81. The topological polar surface area (TPSA) is 55.8 Å². The minimum Gasteiger partial charge on any atom is -0.478 e. The molecule has 17 heavy (non-hydrogen) atoms. The summed E-state index contributed by atoms with van der Waals surface area (Å²) in [5.41, 5.74) is 0.435. The molecule has 4 nitrogen and oxygen atoms in total. The van der Waals surface area contributed by atoms with Gasteiger partial charge >= 0.3 is 5.97 Å². The Balaban J connectivity index is 3.67. The molecule has 0 unspecified atom stereocenters. The fourth-order valence-electron chi connectivity index (χ4n) is 1.45. The van der Waals surface area contributed by atoms with Crippen LogP contribution in [-0.2, 0) is 14.3 Å². The number of aliphatic carboxylic acids is 1. The molecule has 0 heterocycles. The normalized spacial score (nSPS) is 12.8. The van der Waals surface area contributed by atoms with E-state index >= 15 is 0 Å². The van der Waals surface area contributed by atoms with Gasteiger partial charge in [-0.3, -0.25) is 0 Å². The molecule has 0 radical (unpaired) electrons. The Bertz CT molecular complexity index is 235. The Morgan fingerprint density at radius 3 is 2.41 bits per heavy atom. The molecule has 0 saturated heterocycles. The number of hydrogen-bond donors (Lipinski definition) is 1. The van der Waals surface area contributed by atoms with Gasteiger partial charge in [0.1, 0.15) is 0 Å². The molecule has 0 atom stereocenters. The van der Waals surface area contributed by atoms with Crippen LogP contribution in [0.4, 0.5) is 0 Å². The molecule has 0 aromatic heterocycles. The zero-order chi connectivity index (χ0) is 13.1. The van der Waals surface area contributed by atoms with Crippen LogP contribution in [0.2, 0.25) is 12.1 Å². The number of ether oxygens (including phenoxy) is 2. The van der Waals surface area contributed by atoms with Crippen molar-refractivity contribution in [2.45, 2.75) is 45.6 Å². The molecule has 0 saturated carbocycles. The first-order chi connectivity index (χ1) is 8.11. The SMILES string of the molecule is CCOC(C[SiH2]CCC=C(C)C(=O)O)OCC. The maximum Gasteiger partial charge on any atom is 0.330 e. The Morgan fingerprint density at radius 1 is 1.35 bits per heavy atom. The Kier molecular flexibility index (Phi) is 10.1. The largest absolute Gasteiger partial charge is 0.478 e. The summed E-state index contributed by atoms with van der Waals surface area (Å²) in [5, 5.41) is 8.67. The lowest BCUT2D eigenvalue weighted by Gasteiger charge is -2.16. The molecule has 0 aromatic carbocycles. The van der Waals surface area contributed by atoms with Crippen LogP contribution in [0.15, 0.2) is 11.6 Å². The number of carbonyl (C=O) groups is 1.